The van der Waals surface area contributed by atoms with E-state index in [4.69, 9.17) is 18.9 Å². The van der Waals surface area contributed by atoms with Gasteiger partial charge in [0.05, 0.1) is 33.9 Å². The highest BCUT2D eigenvalue weighted by molar-refractivity contribution is 5.75. The molecule has 0 unspecified atom stereocenters. The van der Waals surface area contributed by atoms with Gasteiger partial charge < -0.3 is 18.9 Å². The molecule has 1 aromatic rings. The van der Waals surface area contributed by atoms with Gasteiger partial charge in [-0.15, -0.1) is 0 Å². The highest BCUT2D eigenvalue weighted by atomic mass is 16.5. The molecule has 0 saturated heterocycles. The summed E-state index contributed by atoms with van der Waals surface area (Å²) in [7, 11) is 3.05. The van der Waals surface area contributed by atoms with Gasteiger partial charge in [-0.25, -0.2) is 0 Å². The Labute approximate surface area is 136 Å². The van der Waals surface area contributed by atoms with Crippen molar-refractivity contribution < 1.29 is 28.5 Å². The number of hydrogen-bond acceptors (Lipinski definition) is 6. The van der Waals surface area contributed by atoms with Crippen molar-refractivity contribution >= 4 is 11.9 Å². The third-order valence-electron chi connectivity index (χ3n) is 3.28. The Kier molecular flexibility index (Phi) is 7.94. The number of esters is 2. The Bertz CT molecular complexity index is 538. The van der Waals surface area contributed by atoms with Crippen LogP contribution in [0.1, 0.15) is 31.4 Å². The summed E-state index contributed by atoms with van der Waals surface area (Å²) >= 11 is 0. The zero-order valence-corrected chi connectivity index (χ0v) is 14.1. The molecule has 0 heterocycles. The van der Waals surface area contributed by atoms with Crippen molar-refractivity contribution in [1.82, 2.24) is 0 Å². The molecular weight excluding hydrogens is 300 g/mol. The van der Waals surface area contributed by atoms with E-state index in [0.717, 1.165) is 5.56 Å². The van der Waals surface area contributed by atoms with E-state index in [-0.39, 0.29) is 24.8 Å². The molecule has 0 aromatic heterocycles. The topological polar surface area (TPSA) is 71.1 Å². The van der Waals surface area contributed by atoms with Gasteiger partial charge in [-0.1, -0.05) is 6.07 Å². The van der Waals surface area contributed by atoms with Crippen LogP contribution in [0.2, 0.25) is 0 Å². The van der Waals surface area contributed by atoms with Gasteiger partial charge in [-0.3, -0.25) is 9.59 Å². The molecule has 1 rings (SSSR count). The van der Waals surface area contributed by atoms with E-state index in [9.17, 15) is 9.59 Å². The summed E-state index contributed by atoms with van der Waals surface area (Å²) in [5.74, 6) is 0.398. The van der Waals surface area contributed by atoms with Gasteiger partial charge in [-0.2, -0.15) is 0 Å². The van der Waals surface area contributed by atoms with Crippen LogP contribution in [0, 0.1) is 0 Å². The largest absolute Gasteiger partial charge is 0.493 e. The van der Waals surface area contributed by atoms with Crippen molar-refractivity contribution in [2.24, 2.45) is 0 Å². The maximum atomic E-state index is 11.9. The molecule has 0 saturated carbocycles. The smallest absolute Gasteiger partial charge is 0.310 e. The molecule has 0 aliphatic rings. The van der Waals surface area contributed by atoms with Crippen molar-refractivity contribution in [3.8, 4) is 11.5 Å². The van der Waals surface area contributed by atoms with Gasteiger partial charge in [0.15, 0.2) is 11.5 Å². The predicted octanol–water partition coefficient (Wildman–Crippen LogP) is 2.31. The van der Waals surface area contributed by atoms with E-state index < -0.39 is 0 Å². The third-order valence-corrected chi connectivity index (χ3v) is 3.28. The van der Waals surface area contributed by atoms with Gasteiger partial charge in [0.25, 0.3) is 0 Å². The summed E-state index contributed by atoms with van der Waals surface area (Å²) in [6.07, 6.45) is 0.749. The summed E-state index contributed by atoms with van der Waals surface area (Å²) in [6, 6.07) is 3.59. The lowest BCUT2D eigenvalue weighted by Gasteiger charge is -2.16. The van der Waals surface area contributed by atoms with Crippen molar-refractivity contribution in [3.63, 3.8) is 0 Å². The maximum Gasteiger partial charge on any atom is 0.310 e. The van der Waals surface area contributed by atoms with Crippen LogP contribution in [-0.2, 0) is 31.9 Å². The minimum Gasteiger partial charge on any atom is -0.493 e. The Morgan fingerprint density at radius 1 is 0.957 bits per heavy atom. The number of carbonyl (C=O) groups excluding carboxylic acids is 2. The fourth-order valence-electron chi connectivity index (χ4n) is 2.29. The first kappa shape index (κ1) is 18.8. The average molecular weight is 324 g/mol. The van der Waals surface area contributed by atoms with Gasteiger partial charge in [-0.05, 0) is 31.9 Å². The van der Waals surface area contributed by atoms with Crippen LogP contribution < -0.4 is 9.47 Å². The molecule has 23 heavy (non-hydrogen) atoms. The number of ether oxygens (including phenoxy) is 4. The van der Waals surface area contributed by atoms with Gasteiger partial charge in [0.1, 0.15) is 0 Å². The summed E-state index contributed by atoms with van der Waals surface area (Å²) in [5, 5.41) is 0. The maximum absolute atomic E-state index is 11.9. The second-order valence-corrected chi connectivity index (χ2v) is 4.73. The van der Waals surface area contributed by atoms with E-state index in [1.165, 1.54) is 14.2 Å². The molecule has 0 atom stereocenters. The molecule has 0 fully saturated rings. The molecule has 0 amide bonds. The number of benzene rings is 1. The third kappa shape index (κ3) is 5.47. The first-order valence-corrected chi connectivity index (χ1v) is 7.61. The lowest BCUT2D eigenvalue weighted by Crippen LogP contribution is -2.12. The molecule has 6 heteroatoms. The highest BCUT2D eigenvalue weighted by Gasteiger charge is 2.19. The Balaban J connectivity index is 3.07. The minimum atomic E-state index is -0.351. The molecule has 0 aliphatic carbocycles. The van der Waals surface area contributed by atoms with Crippen molar-refractivity contribution in [1.29, 1.82) is 0 Å². The number of aryl methyl sites for hydroxylation is 1. The monoisotopic (exact) mass is 324 g/mol. The summed E-state index contributed by atoms with van der Waals surface area (Å²) in [5.41, 5.74) is 1.51. The number of carbonyl (C=O) groups is 2. The Morgan fingerprint density at radius 2 is 1.61 bits per heavy atom. The van der Waals surface area contributed by atoms with Crippen LogP contribution in [0.25, 0.3) is 0 Å². The summed E-state index contributed by atoms with van der Waals surface area (Å²) < 4.78 is 20.6. The van der Waals surface area contributed by atoms with Crippen LogP contribution >= 0.6 is 0 Å². The fourth-order valence-corrected chi connectivity index (χ4v) is 2.29. The SMILES string of the molecule is CCOC(=O)CCc1ccc(OC)c(OC)c1CC(=O)OCC. The van der Waals surface area contributed by atoms with Gasteiger partial charge in [0.2, 0.25) is 0 Å². The lowest BCUT2D eigenvalue weighted by atomic mass is 9.98. The number of methoxy groups -OCH3 is 2. The van der Waals surface area contributed by atoms with Crippen molar-refractivity contribution in [3.05, 3.63) is 23.3 Å². The molecule has 128 valence electrons. The van der Waals surface area contributed by atoms with E-state index >= 15 is 0 Å². The van der Waals surface area contributed by atoms with Crippen LogP contribution in [0.5, 0.6) is 11.5 Å². The Morgan fingerprint density at radius 3 is 2.17 bits per heavy atom. The quantitative estimate of drug-likeness (QED) is 0.649. The fraction of sp³-hybridized carbons (Fsp3) is 0.529. The summed E-state index contributed by atoms with van der Waals surface area (Å²) in [4.78, 5) is 23.4. The van der Waals surface area contributed by atoms with E-state index in [0.29, 0.717) is 36.7 Å². The zero-order chi connectivity index (χ0) is 17.2. The molecular formula is C17H24O6. The molecule has 0 radical (unpaired) electrons. The highest BCUT2D eigenvalue weighted by Crippen LogP contribution is 2.34. The van der Waals surface area contributed by atoms with Crippen LogP contribution in [0.15, 0.2) is 12.1 Å². The molecule has 0 aliphatic heterocycles. The summed E-state index contributed by atoms with van der Waals surface area (Å²) in [6.45, 7) is 4.17. The molecule has 0 spiro atoms. The van der Waals surface area contributed by atoms with E-state index in [2.05, 4.69) is 0 Å². The van der Waals surface area contributed by atoms with Crippen molar-refractivity contribution in [2.45, 2.75) is 33.1 Å². The Hall–Kier alpha value is -2.24. The van der Waals surface area contributed by atoms with E-state index in [1.54, 1.807) is 19.9 Å². The van der Waals surface area contributed by atoms with Gasteiger partial charge in [0, 0.05) is 12.0 Å². The van der Waals surface area contributed by atoms with E-state index in [1.807, 2.05) is 6.07 Å². The number of hydrogen-bond donors (Lipinski definition) is 0. The molecule has 0 bridgehead atoms. The van der Waals surface area contributed by atoms with Crippen LogP contribution in [0.4, 0.5) is 0 Å². The average Bonchev–Trinajstić information content (AvgIpc) is 2.53. The second-order valence-electron chi connectivity index (χ2n) is 4.73. The van der Waals surface area contributed by atoms with Crippen molar-refractivity contribution in [2.75, 3.05) is 27.4 Å². The normalized spacial score (nSPS) is 10.1. The lowest BCUT2D eigenvalue weighted by molar-refractivity contribution is -0.143. The first-order chi connectivity index (χ1) is 11.1. The molecule has 0 N–H and O–H groups in total. The minimum absolute atomic E-state index is 0.0619. The molecule has 1 aromatic carbocycles. The standard InChI is InChI=1S/C17H24O6/c1-5-22-15(18)10-8-12-7-9-14(20-3)17(21-4)13(12)11-16(19)23-6-2/h7,9H,5-6,8,10-11H2,1-4H3. The van der Waals surface area contributed by atoms with Gasteiger partial charge >= 0.3 is 11.9 Å². The number of rotatable bonds is 9. The zero-order valence-electron chi connectivity index (χ0n) is 14.1. The molecule has 6 nitrogen and oxygen atoms in total. The van der Waals surface area contributed by atoms with Crippen LogP contribution in [0.3, 0.4) is 0 Å². The van der Waals surface area contributed by atoms with Crippen LogP contribution in [-0.4, -0.2) is 39.4 Å². The second kappa shape index (κ2) is 9.71. The first-order valence-electron chi connectivity index (χ1n) is 7.61. The predicted molar refractivity (Wildman–Crippen MR) is 84.8 cm³/mol.